The summed E-state index contributed by atoms with van der Waals surface area (Å²) in [5.41, 5.74) is 2.59. The fourth-order valence-electron chi connectivity index (χ4n) is 4.31. The zero-order valence-electron chi connectivity index (χ0n) is 26.1. The first-order valence-corrected chi connectivity index (χ1v) is 16.2. The second-order valence-corrected chi connectivity index (χ2v) is 14.2. The van der Waals surface area contributed by atoms with Crippen LogP contribution >= 0.6 is 0 Å². The number of rotatable bonds is 14. The Morgan fingerprint density at radius 2 is 1.55 bits per heavy atom. The Morgan fingerprint density at radius 3 is 2.07 bits per heavy atom. The average Bonchev–Trinajstić information content (AvgIpc) is 2.92. The van der Waals surface area contributed by atoms with Crippen LogP contribution in [-0.2, 0) is 26.0 Å². The number of hydrogen-bond donors (Lipinski definition) is 2. The molecule has 0 aliphatic carbocycles. The van der Waals surface area contributed by atoms with Crippen LogP contribution in [0.1, 0.15) is 73.3 Å². The molecule has 0 bridgehead atoms. The van der Waals surface area contributed by atoms with Gasteiger partial charge < -0.3 is 9.84 Å². The van der Waals surface area contributed by atoms with Crippen LogP contribution in [0.2, 0.25) is 0 Å². The van der Waals surface area contributed by atoms with E-state index in [9.17, 15) is 23.1 Å². The van der Waals surface area contributed by atoms with Gasteiger partial charge in [0.1, 0.15) is 5.60 Å². The summed E-state index contributed by atoms with van der Waals surface area (Å²) in [6, 6.07) is 16.4. The summed E-state index contributed by atoms with van der Waals surface area (Å²) < 4.78 is 34.2. The monoisotopic (exact) mass is 603 g/mol. The van der Waals surface area contributed by atoms with Crippen molar-refractivity contribution in [3.05, 3.63) is 66.2 Å². The number of aliphatic hydroxyl groups excluding tert-OH is 1. The Kier molecular flexibility index (Phi) is 13.5. The summed E-state index contributed by atoms with van der Waals surface area (Å²) in [6.45, 7) is 13.0. The molecule has 2 aromatic carbocycles. The molecule has 234 valence electrons. The van der Waals surface area contributed by atoms with E-state index in [1.807, 2.05) is 58.0 Å². The number of hydrogen-bond acceptors (Lipinski definition) is 6. The number of nitrogens with zero attached hydrogens (tertiary/aromatic N) is 2. The van der Waals surface area contributed by atoms with Gasteiger partial charge >= 0.3 is 6.09 Å². The third-order valence-corrected chi connectivity index (χ3v) is 8.77. The predicted octanol–water partition coefficient (Wildman–Crippen LogP) is 5.40. The maximum absolute atomic E-state index is 13.7. The van der Waals surface area contributed by atoms with Crippen molar-refractivity contribution in [3.63, 3.8) is 0 Å². The second-order valence-electron chi connectivity index (χ2n) is 12.3. The molecule has 42 heavy (non-hydrogen) atoms. The summed E-state index contributed by atoms with van der Waals surface area (Å²) in [5, 5.41) is 12.9. The van der Waals surface area contributed by atoms with Gasteiger partial charge in [-0.2, -0.15) is 4.31 Å². The van der Waals surface area contributed by atoms with Gasteiger partial charge in [0.15, 0.2) is 0 Å². The zero-order chi connectivity index (χ0) is 31.5. The van der Waals surface area contributed by atoms with Crippen molar-refractivity contribution in [3.8, 4) is 0 Å². The number of nitrogens with one attached hydrogen (secondary N) is 1. The van der Waals surface area contributed by atoms with Gasteiger partial charge in [-0.3, -0.25) is 4.79 Å². The van der Waals surface area contributed by atoms with Gasteiger partial charge in [-0.05, 0) is 63.1 Å². The van der Waals surface area contributed by atoms with E-state index in [2.05, 4.69) is 5.43 Å². The molecular weight excluding hydrogens is 554 g/mol. The van der Waals surface area contributed by atoms with Crippen LogP contribution in [0.15, 0.2) is 65.6 Å². The van der Waals surface area contributed by atoms with Gasteiger partial charge in [0, 0.05) is 19.5 Å². The maximum atomic E-state index is 13.7. The molecule has 0 saturated heterocycles. The number of ether oxygens (including phenoxy) is 1. The Hall–Kier alpha value is -2.95. The molecule has 0 radical (unpaired) electrons. The largest absolute Gasteiger partial charge is 0.443 e. The minimum Gasteiger partial charge on any atom is -0.443 e. The lowest BCUT2D eigenvalue weighted by Gasteiger charge is -2.37. The molecule has 0 fully saturated rings. The highest BCUT2D eigenvalue weighted by molar-refractivity contribution is 7.89. The number of carbonyl (C=O) groups excluding carboxylic acids is 2. The molecule has 10 heteroatoms. The van der Waals surface area contributed by atoms with Gasteiger partial charge in [-0.1, -0.05) is 82.6 Å². The molecule has 2 unspecified atom stereocenters. The lowest BCUT2D eigenvalue weighted by Crippen LogP contribution is -2.59. The van der Waals surface area contributed by atoms with E-state index in [0.717, 1.165) is 17.0 Å². The third-order valence-electron chi connectivity index (χ3n) is 6.89. The minimum atomic E-state index is -3.96. The van der Waals surface area contributed by atoms with Crippen LogP contribution in [0.5, 0.6) is 0 Å². The topological polar surface area (TPSA) is 116 Å². The molecule has 2 amide bonds. The molecule has 2 N–H and O–H groups in total. The van der Waals surface area contributed by atoms with Crippen LogP contribution in [-0.4, -0.2) is 65.7 Å². The summed E-state index contributed by atoms with van der Waals surface area (Å²) in [6.07, 6.45) is -0.548. The van der Waals surface area contributed by atoms with E-state index in [0.29, 0.717) is 6.42 Å². The summed E-state index contributed by atoms with van der Waals surface area (Å²) in [4.78, 5) is 26.7. The highest BCUT2D eigenvalue weighted by Crippen LogP contribution is 2.22. The van der Waals surface area contributed by atoms with Crippen molar-refractivity contribution >= 4 is 22.0 Å². The third kappa shape index (κ3) is 11.4. The molecule has 2 rings (SSSR count). The Morgan fingerprint density at radius 1 is 0.976 bits per heavy atom. The summed E-state index contributed by atoms with van der Waals surface area (Å²) in [5.74, 6) is -0.149. The van der Waals surface area contributed by atoms with E-state index < -0.39 is 39.8 Å². The number of amides is 2. The first-order chi connectivity index (χ1) is 19.6. The molecule has 0 spiro atoms. The molecular formula is C32H49N3O6S. The Balaban J connectivity index is 2.54. The number of benzene rings is 2. The lowest BCUT2D eigenvalue weighted by atomic mass is 9.98. The molecule has 0 aliphatic heterocycles. The SMILES string of the molecule is CCC(C)CC(=O)N(NC(=O)OC(C)(C)C)C(Cc1ccccc1)[C@H](O)CN(CCC(C)C)S(=O)(=O)c1ccccc1. The first kappa shape index (κ1) is 35.2. The number of carbonyl (C=O) groups is 2. The number of aliphatic hydroxyl groups is 1. The van der Waals surface area contributed by atoms with Crippen molar-refractivity contribution < 1.29 is 27.9 Å². The Bertz CT molecular complexity index is 1220. The van der Waals surface area contributed by atoms with E-state index in [-0.39, 0.29) is 42.7 Å². The molecule has 0 saturated carbocycles. The van der Waals surface area contributed by atoms with E-state index >= 15 is 0 Å². The predicted molar refractivity (Wildman–Crippen MR) is 165 cm³/mol. The highest BCUT2D eigenvalue weighted by atomic mass is 32.2. The highest BCUT2D eigenvalue weighted by Gasteiger charge is 2.36. The van der Waals surface area contributed by atoms with Gasteiger partial charge in [0.2, 0.25) is 15.9 Å². The van der Waals surface area contributed by atoms with Gasteiger partial charge in [-0.15, -0.1) is 0 Å². The molecule has 0 aromatic heterocycles. The fourth-order valence-corrected chi connectivity index (χ4v) is 5.80. The summed E-state index contributed by atoms with van der Waals surface area (Å²) >= 11 is 0. The smallest absolute Gasteiger partial charge is 0.426 e. The Labute approximate surface area is 252 Å². The number of sulfonamides is 1. The van der Waals surface area contributed by atoms with E-state index in [1.54, 1.807) is 39.0 Å². The molecule has 0 aliphatic rings. The molecule has 3 atom stereocenters. The summed E-state index contributed by atoms with van der Waals surface area (Å²) in [7, 11) is -3.96. The minimum absolute atomic E-state index is 0.0240. The van der Waals surface area contributed by atoms with Gasteiger partial charge in [0.05, 0.1) is 17.0 Å². The maximum Gasteiger partial charge on any atom is 0.426 e. The molecule has 2 aromatic rings. The van der Waals surface area contributed by atoms with Crippen LogP contribution in [0.25, 0.3) is 0 Å². The first-order valence-electron chi connectivity index (χ1n) is 14.7. The van der Waals surface area contributed by atoms with Gasteiger partial charge in [-0.25, -0.2) is 23.6 Å². The van der Waals surface area contributed by atoms with Crippen LogP contribution in [0.4, 0.5) is 4.79 Å². The zero-order valence-corrected chi connectivity index (χ0v) is 26.9. The standard InChI is InChI=1S/C32H49N3O6S/c1-8-25(4)21-30(37)35(33-31(38)41-32(5,6)7)28(22-26-15-11-9-12-16-26)29(36)23-34(20-19-24(2)3)42(39,40)27-17-13-10-14-18-27/h9-18,24-25,28-29,36H,8,19-23H2,1-7H3,(H,33,38)/t25?,28?,29-/m1/s1. The second kappa shape index (κ2) is 16.0. The van der Waals surface area contributed by atoms with E-state index in [4.69, 9.17) is 4.74 Å². The fraction of sp³-hybridized carbons (Fsp3) is 0.562. The quantitative estimate of drug-likeness (QED) is 0.279. The van der Waals surface area contributed by atoms with Crippen molar-refractivity contribution in [2.75, 3.05) is 13.1 Å². The van der Waals surface area contributed by atoms with Crippen molar-refractivity contribution in [2.45, 2.75) is 96.8 Å². The van der Waals surface area contributed by atoms with Crippen molar-refractivity contribution in [1.29, 1.82) is 0 Å². The van der Waals surface area contributed by atoms with Gasteiger partial charge in [0.25, 0.3) is 0 Å². The van der Waals surface area contributed by atoms with Crippen LogP contribution in [0.3, 0.4) is 0 Å². The molecule has 0 heterocycles. The van der Waals surface area contributed by atoms with Crippen LogP contribution < -0.4 is 5.43 Å². The van der Waals surface area contributed by atoms with E-state index in [1.165, 1.54) is 16.4 Å². The molecule has 9 nitrogen and oxygen atoms in total. The van der Waals surface area contributed by atoms with Crippen LogP contribution in [0, 0.1) is 11.8 Å². The average molecular weight is 604 g/mol. The normalized spacial score (nSPS) is 14.3. The van der Waals surface area contributed by atoms with Crippen molar-refractivity contribution in [2.24, 2.45) is 11.8 Å². The number of hydrazine groups is 1. The van der Waals surface area contributed by atoms with Crippen molar-refractivity contribution in [1.82, 2.24) is 14.7 Å². The lowest BCUT2D eigenvalue weighted by molar-refractivity contribution is -0.141.